The van der Waals surface area contributed by atoms with Crippen LogP contribution in [0.3, 0.4) is 0 Å². The van der Waals surface area contributed by atoms with E-state index in [0.29, 0.717) is 41.3 Å². The Morgan fingerprint density at radius 2 is 1.96 bits per heavy atom. The maximum atomic E-state index is 6.08. The Bertz CT molecular complexity index is 958. The van der Waals surface area contributed by atoms with Crippen LogP contribution in [-0.2, 0) is 0 Å². The Balaban J connectivity index is 1.61. The predicted molar refractivity (Wildman–Crippen MR) is 108 cm³/mol. The van der Waals surface area contributed by atoms with E-state index in [0.717, 1.165) is 36.8 Å². The molecule has 28 heavy (non-hydrogen) atoms. The number of rotatable bonds is 6. The van der Waals surface area contributed by atoms with E-state index in [2.05, 4.69) is 15.3 Å². The van der Waals surface area contributed by atoms with Crippen LogP contribution in [0.1, 0.15) is 12.8 Å². The largest absolute Gasteiger partial charge is 0.493 e. The minimum Gasteiger partial charge on any atom is -0.493 e. The lowest BCUT2D eigenvalue weighted by molar-refractivity contribution is 0.208. The highest BCUT2D eigenvalue weighted by Crippen LogP contribution is 2.36. The summed E-state index contributed by atoms with van der Waals surface area (Å²) in [5.74, 6) is 2.93. The van der Waals surface area contributed by atoms with Crippen molar-refractivity contribution in [2.24, 2.45) is 5.92 Å². The number of anilines is 1. The fourth-order valence-electron chi connectivity index (χ4n) is 3.34. The molecular formula is C21H24N4O3. The van der Waals surface area contributed by atoms with E-state index in [-0.39, 0.29) is 0 Å². The third-order valence-electron chi connectivity index (χ3n) is 4.89. The van der Waals surface area contributed by atoms with Gasteiger partial charge in [-0.1, -0.05) is 6.07 Å². The van der Waals surface area contributed by atoms with Crippen LogP contribution in [0.15, 0.2) is 42.7 Å². The molecule has 1 fully saturated rings. The molecule has 2 heterocycles. The van der Waals surface area contributed by atoms with Gasteiger partial charge in [0.2, 0.25) is 5.88 Å². The lowest BCUT2D eigenvalue weighted by Gasteiger charge is -2.23. The number of hydrogen-bond donors (Lipinski definition) is 2. The zero-order valence-electron chi connectivity index (χ0n) is 15.9. The minimum atomic E-state index is 0.443. The zero-order chi connectivity index (χ0) is 19.3. The summed E-state index contributed by atoms with van der Waals surface area (Å²) >= 11 is 0. The summed E-state index contributed by atoms with van der Waals surface area (Å²) in [7, 11) is 1.63. The van der Waals surface area contributed by atoms with Gasteiger partial charge in [0.05, 0.1) is 24.6 Å². The molecule has 0 atom stereocenters. The molecule has 0 radical (unpaired) electrons. The molecule has 7 heteroatoms. The Morgan fingerprint density at radius 1 is 1.11 bits per heavy atom. The number of benzene rings is 2. The molecule has 3 aromatic rings. The van der Waals surface area contributed by atoms with Gasteiger partial charge in [0, 0.05) is 17.8 Å². The minimum absolute atomic E-state index is 0.443. The molecule has 1 aromatic heterocycles. The Labute approximate surface area is 163 Å². The van der Waals surface area contributed by atoms with Gasteiger partial charge < -0.3 is 25.3 Å². The number of aromatic nitrogens is 2. The normalized spacial score (nSPS) is 14.8. The van der Waals surface area contributed by atoms with Gasteiger partial charge in [-0.15, -0.1) is 0 Å². The topological polar surface area (TPSA) is 91.5 Å². The zero-order valence-corrected chi connectivity index (χ0v) is 15.9. The van der Waals surface area contributed by atoms with E-state index in [1.807, 2.05) is 24.3 Å². The van der Waals surface area contributed by atoms with Crippen molar-refractivity contribution in [3.63, 3.8) is 0 Å². The fourth-order valence-corrected chi connectivity index (χ4v) is 3.34. The number of nitrogens with zero attached hydrogens (tertiary/aromatic N) is 2. The second-order valence-electron chi connectivity index (χ2n) is 6.88. The number of fused-ring (bicyclic) bond motifs is 1. The van der Waals surface area contributed by atoms with Crippen molar-refractivity contribution in [1.29, 1.82) is 0 Å². The van der Waals surface area contributed by atoms with Crippen LogP contribution in [0, 0.1) is 5.92 Å². The first-order chi connectivity index (χ1) is 13.7. The summed E-state index contributed by atoms with van der Waals surface area (Å²) in [5.41, 5.74) is 7.19. The number of hydrogen-bond acceptors (Lipinski definition) is 7. The highest BCUT2D eigenvalue weighted by atomic mass is 16.5. The SMILES string of the molecule is COc1cc2c(Oc3cccc(N)c3)ncnc2cc1OCC1CCNCC1. The molecule has 0 spiro atoms. The molecule has 4 rings (SSSR count). The van der Waals surface area contributed by atoms with Crippen LogP contribution in [0.5, 0.6) is 23.1 Å². The summed E-state index contributed by atoms with van der Waals surface area (Å²) in [6.45, 7) is 2.75. The molecule has 1 saturated heterocycles. The average molecular weight is 380 g/mol. The summed E-state index contributed by atoms with van der Waals surface area (Å²) in [6.07, 6.45) is 3.72. The lowest BCUT2D eigenvalue weighted by Crippen LogP contribution is -2.30. The first kappa shape index (κ1) is 18.3. The highest BCUT2D eigenvalue weighted by Gasteiger charge is 2.17. The van der Waals surface area contributed by atoms with E-state index in [4.69, 9.17) is 19.9 Å². The van der Waals surface area contributed by atoms with Gasteiger partial charge in [-0.05, 0) is 50.0 Å². The van der Waals surface area contributed by atoms with E-state index in [1.54, 1.807) is 19.2 Å². The Kier molecular flexibility index (Phi) is 5.43. The highest BCUT2D eigenvalue weighted by molar-refractivity contribution is 5.87. The van der Waals surface area contributed by atoms with Crippen molar-refractivity contribution in [1.82, 2.24) is 15.3 Å². The van der Waals surface area contributed by atoms with E-state index in [1.165, 1.54) is 6.33 Å². The molecule has 0 bridgehead atoms. The summed E-state index contributed by atoms with van der Waals surface area (Å²) in [5, 5.41) is 4.12. The molecule has 1 aliphatic heterocycles. The maximum absolute atomic E-state index is 6.08. The van der Waals surface area contributed by atoms with Gasteiger partial charge in [-0.25, -0.2) is 9.97 Å². The smallest absolute Gasteiger partial charge is 0.230 e. The summed E-state index contributed by atoms with van der Waals surface area (Å²) in [4.78, 5) is 8.65. The average Bonchev–Trinajstić information content (AvgIpc) is 2.72. The number of ether oxygens (including phenoxy) is 3. The number of nitrogens with one attached hydrogen (secondary N) is 1. The third-order valence-corrected chi connectivity index (χ3v) is 4.89. The molecule has 0 aliphatic carbocycles. The van der Waals surface area contributed by atoms with Crippen LogP contribution >= 0.6 is 0 Å². The van der Waals surface area contributed by atoms with Crippen molar-refractivity contribution in [2.75, 3.05) is 32.5 Å². The molecule has 3 N–H and O–H groups in total. The fraction of sp³-hybridized carbons (Fsp3) is 0.333. The van der Waals surface area contributed by atoms with Crippen LogP contribution < -0.4 is 25.3 Å². The second kappa shape index (κ2) is 8.31. The molecular weight excluding hydrogens is 356 g/mol. The van der Waals surface area contributed by atoms with Crippen LogP contribution in [0.25, 0.3) is 10.9 Å². The predicted octanol–water partition coefficient (Wildman–Crippen LogP) is 3.39. The van der Waals surface area contributed by atoms with Crippen LogP contribution in [-0.4, -0.2) is 36.8 Å². The second-order valence-corrected chi connectivity index (χ2v) is 6.88. The van der Waals surface area contributed by atoms with Crippen LogP contribution in [0.4, 0.5) is 5.69 Å². The number of nitrogen functional groups attached to an aromatic ring is 1. The molecule has 1 aliphatic rings. The van der Waals surface area contributed by atoms with Gasteiger partial charge in [0.15, 0.2) is 11.5 Å². The number of piperidine rings is 1. The van der Waals surface area contributed by atoms with Gasteiger partial charge in [-0.2, -0.15) is 0 Å². The maximum Gasteiger partial charge on any atom is 0.230 e. The van der Waals surface area contributed by atoms with E-state index >= 15 is 0 Å². The summed E-state index contributed by atoms with van der Waals surface area (Å²) < 4.78 is 17.6. The molecule has 0 amide bonds. The molecule has 2 aromatic carbocycles. The first-order valence-corrected chi connectivity index (χ1v) is 9.42. The first-order valence-electron chi connectivity index (χ1n) is 9.42. The van der Waals surface area contributed by atoms with Crippen molar-refractivity contribution in [3.8, 4) is 23.1 Å². The van der Waals surface area contributed by atoms with E-state index < -0.39 is 0 Å². The molecule has 0 saturated carbocycles. The Morgan fingerprint density at radius 3 is 2.75 bits per heavy atom. The van der Waals surface area contributed by atoms with Crippen molar-refractivity contribution in [3.05, 3.63) is 42.7 Å². The Hall–Kier alpha value is -3.06. The quantitative estimate of drug-likeness (QED) is 0.633. The van der Waals surface area contributed by atoms with Crippen LogP contribution in [0.2, 0.25) is 0 Å². The number of methoxy groups -OCH3 is 1. The number of nitrogens with two attached hydrogens (primary N) is 1. The van der Waals surface area contributed by atoms with E-state index in [9.17, 15) is 0 Å². The third kappa shape index (κ3) is 4.09. The molecule has 146 valence electrons. The van der Waals surface area contributed by atoms with Crippen molar-refractivity contribution in [2.45, 2.75) is 12.8 Å². The van der Waals surface area contributed by atoms with Gasteiger partial charge in [0.1, 0.15) is 12.1 Å². The van der Waals surface area contributed by atoms with Gasteiger partial charge >= 0.3 is 0 Å². The van der Waals surface area contributed by atoms with Gasteiger partial charge in [-0.3, -0.25) is 0 Å². The standard InChI is InChI=1S/C21H24N4O3/c1-26-19-10-17-18(11-20(19)27-12-14-5-7-23-8-6-14)24-13-25-21(17)28-16-4-2-3-15(22)9-16/h2-4,9-11,13-14,23H,5-8,12,22H2,1H3. The van der Waals surface area contributed by atoms with Crippen molar-refractivity contribution < 1.29 is 14.2 Å². The summed E-state index contributed by atoms with van der Waals surface area (Å²) in [6, 6.07) is 11.0. The van der Waals surface area contributed by atoms with Gasteiger partial charge in [0.25, 0.3) is 0 Å². The monoisotopic (exact) mass is 380 g/mol. The lowest BCUT2D eigenvalue weighted by atomic mass is 9.99. The van der Waals surface area contributed by atoms with Crippen molar-refractivity contribution >= 4 is 16.6 Å². The molecule has 0 unspecified atom stereocenters. The molecule has 7 nitrogen and oxygen atoms in total.